The average Bonchev–Trinajstić information content (AvgIpc) is 2.75. The fraction of sp³-hybridized carbons (Fsp3) is 0.455. The zero-order valence-electron chi connectivity index (χ0n) is 16.1. The van der Waals surface area contributed by atoms with E-state index in [1.54, 1.807) is 28.0 Å². The molecule has 0 aliphatic carbocycles. The zero-order chi connectivity index (χ0) is 19.3. The number of carbonyl (C=O) groups is 2. The molecule has 2 heterocycles. The minimum Gasteiger partial charge on any atom is -0.410 e. The second-order valence-corrected chi connectivity index (χ2v) is 7.47. The molecule has 0 radical (unpaired) electrons. The topological polar surface area (TPSA) is 59.1 Å². The van der Waals surface area contributed by atoms with E-state index >= 15 is 0 Å². The Hall–Kier alpha value is -2.76. The molecule has 4 rings (SSSR count). The van der Waals surface area contributed by atoms with Crippen LogP contribution in [0.1, 0.15) is 38.5 Å². The molecule has 6 heteroatoms. The summed E-state index contributed by atoms with van der Waals surface area (Å²) in [6, 6.07) is 11.0. The summed E-state index contributed by atoms with van der Waals surface area (Å²) in [6.07, 6.45) is 5.75. The van der Waals surface area contributed by atoms with Gasteiger partial charge in [-0.15, -0.1) is 0 Å². The van der Waals surface area contributed by atoms with Gasteiger partial charge in [0.25, 0.3) is 0 Å². The first-order valence-corrected chi connectivity index (χ1v) is 10.2. The summed E-state index contributed by atoms with van der Waals surface area (Å²) < 4.78 is 11.3. The van der Waals surface area contributed by atoms with Gasteiger partial charge in [0.2, 0.25) is 0 Å². The molecule has 2 aliphatic rings. The van der Waals surface area contributed by atoms with Gasteiger partial charge in [-0.3, -0.25) is 0 Å². The van der Waals surface area contributed by atoms with E-state index in [0.717, 1.165) is 75.5 Å². The van der Waals surface area contributed by atoms with E-state index in [1.807, 2.05) is 18.2 Å². The molecule has 0 unspecified atom stereocenters. The van der Waals surface area contributed by atoms with Gasteiger partial charge < -0.3 is 19.3 Å². The molecule has 2 saturated heterocycles. The van der Waals surface area contributed by atoms with Crippen LogP contribution >= 0.6 is 0 Å². The van der Waals surface area contributed by atoms with Crippen LogP contribution in [0.5, 0.6) is 11.5 Å². The number of hydrogen-bond donors (Lipinski definition) is 0. The second-order valence-electron chi connectivity index (χ2n) is 7.47. The van der Waals surface area contributed by atoms with Gasteiger partial charge in [0, 0.05) is 31.6 Å². The highest BCUT2D eigenvalue weighted by Crippen LogP contribution is 2.30. The van der Waals surface area contributed by atoms with Crippen molar-refractivity contribution in [1.29, 1.82) is 0 Å². The number of carbonyl (C=O) groups excluding carboxylic acids is 2. The third-order valence-electron chi connectivity index (χ3n) is 5.44. The Morgan fingerprint density at radius 1 is 0.714 bits per heavy atom. The van der Waals surface area contributed by atoms with Crippen LogP contribution in [-0.2, 0) is 0 Å². The average molecular weight is 382 g/mol. The molecule has 2 amide bonds. The number of fused-ring (bicyclic) bond motifs is 1. The summed E-state index contributed by atoms with van der Waals surface area (Å²) in [5.41, 5.74) is 0. The highest BCUT2D eigenvalue weighted by Gasteiger charge is 2.21. The van der Waals surface area contributed by atoms with Gasteiger partial charge >= 0.3 is 12.2 Å². The van der Waals surface area contributed by atoms with Crippen LogP contribution in [0.15, 0.2) is 36.4 Å². The molecule has 0 spiro atoms. The standard InChI is InChI=1S/C22H26N2O4/c25-21(23-12-3-1-4-13-23)27-18-11-10-17-8-7-9-20(19(17)16-18)28-22(26)24-14-5-2-6-15-24/h7-11,16H,1-6,12-15H2. The van der Waals surface area contributed by atoms with Gasteiger partial charge in [0.05, 0.1) is 0 Å². The van der Waals surface area contributed by atoms with E-state index in [2.05, 4.69) is 0 Å². The van der Waals surface area contributed by atoms with Gasteiger partial charge in [-0.1, -0.05) is 18.2 Å². The molecule has 0 bridgehead atoms. The molecule has 6 nitrogen and oxygen atoms in total. The molecule has 2 aromatic rings. The quantitative estimate of drug-likeness (QED) is 0.748. The lowest BCUT2D eigenvalue weighted by Crippen LogP contribution is -2.37. The highest BCUT2D eigenvalue weighted by molar-refractivity contribution is 5.91. The molecule has 0 atom stereocenters. The number of amides is 2. The smallest absolute Gasteiger partial charge is 0.410 e. The summed E-state index contributed by atoms with van der Waals surface area (Å²) in [5, 5.41) is 1.69. The van der Waals surface area contributed by atoms with Crippen molar-refractivity contribution in [3.63, 3.8) is 0 Å². The lowest BCUT2D eigenvalue weighted by atomic mass is 10.1. The molecule has 2 fully saturated rings. The Morgan fingerprint density at radius 2 is 1.32 bits per heavy atom. The van der Waals surface area contributed by atoms with Crippen LogP contribution in [0.25, 0.3) is 10.8 Å². The van der Waals surface area contributed by atoms with Crippen LogP contribution < -0.4 is 9.47 Å². The van der Waals surface area contributed by atoms with E-state index in [0.29, 0.717) is 11.5 Å². The predicted octanol–water partition coefficient (Wildman–Crippen LogP) is 4.81. The monoisotopic (exact) mass is 382 g/mol. The third-order valence-corrected chi connectivity index (χ3v) is 5.44. The molecule has 0 N–H and O–H groups in total. The van der Waals surface area contributed by atoms with Crippen LogP contribution in [0.4, 0.5) is 9.59 Å². The summed E-state index contributed by atoms with van der Waals surface area (Å²) in [7, 11) is 0. The van der Waals surface area contributed by atoms with E-state index in [4.69, 9.17) is 9.47 Å². The van der Waals surface area contributed by atoms with Crippen molar-refractivity contribution in [3.8, 4) is 11.5 Å². The first-order valence-electron chi connectivity index (χ1n) is 10.2. The Labute approximate surface area is 165 Å². The van der Waals surface area contributed by atoms with Crippen molar-refractivity contribution in [2.24, 2.45) is 0 Å². The SMILES string of the molecule is O=C(Oc1ccc2cccc(OC(=O)N3CCCCC3)c2c1)N1CCCCC1. The molecule has 0 aromatic heterocycles. The number of rotatable bonds is 2. The first-order chi connectivity index (χ1) is 13.7. The summed E-state index contributed by atoms with van der Waals surface area (Å²) in [4.78, 5) is 28.4. The van der Waals surface area contributed by atoms with Gasteiger partial charge in [0.1, 0.15) is 11.5 Å². The fourth-order valence-electron chi connectivity index (χ4n) is 3.85. The van der Waals surface area contributed by atoms with Gasteiger partial charge in [-0.2, -0.15) is 0 Å². The maximum Gasteiger partial charge on any atom is 0.415 e. The number of piperidine rings is 2. The lowest BCUT2D eigenvalue weighted by Gasteiger charge is -2.26. The van der Waals surface area contributed by atoms with Crippen molar-refractivity contribution >= 4 is 23.0 Å². The van der Waals surface area contributed by atoms with Crippen molar-refractivity contribution < 1.29 is 19.1 Å². The van der Waals surface area contributed by atoms with Crippen molar-refractivity contribution in [3.05, 3.63) is 36.4 Å². The Morgan fingerprint density at radius 3 is 1.96 bits per heavy atom. The summed E-state index contributed by atoms with van der Waals surface area (Å²) in [5.74, 6) is 0.952. The minimum atomic E-state index is -0.318. The van der Waals surface area contributed by atoms with E-state index in [9.17, 15) is 9.59 Å². The molecular formula is C22H26N2O4. The maximum atomic E-state index is 12.5. The first kappa shape index (κ1) is 18.6. The second kappa shape index (κ2) is 8.50. The predicted molar refractivity (Wildman–Crippen MR) is 107 cm³/mol. The van der Waals surface area contributed by atoms with E-state index < -0.39 is 0 Å². The van der Waals surface area contributed by atoms with Crippen molar-refractivity contribution in [2.75, 3.05) is 26.2 Å². The van der Waals surface area contributed by atoms with Crippen molar-refractivity contribution in [2.45, 2.75) is 38.5 Å². The van der Waals surface area contributed by atoms with Crippen LogP contribution in [0, 0.1) is 0 Å². The highest BCUT2D eigenvalue weighted by atomic mass is 16.6. The molecule has 2 aromatic carbocycles. The Balaban J connectivity index is 1.51. The van der Waals surface area contributed by atoms with Crippen LogP contribution in [0.2, 0.25) is 0 Å². The molecule has 2 aliphatic heterocycles. The van der Waals surface area contributed by atoms with E-state index in [1.165, 1.54) is 0 Å². The largest absolute Gasteiger partial charge is 0.415 e. The Bertz CT molecular complexity index is 855. The van der Waals surface area contributed by atoms with Gasteiger partial charge in [0.15, 0.2) is 0 Å². The van der Waals surface area contributed by atoms with Crippen molar-refractivity contribution in [1.82, 2.24) is 9.80 Å². The van der Waals surface area contributed by atoms with Crippen LogP contribution in [0.3, 0.4) is 0 Å². The van der Waals surface area contributed by atoms with Crippen LogP contribution in [-0.4, -0.2) is 48.2 Å². The molecule has 0 saturated carbocycles. The number of ether oxygens (including phenoxy) is 2. The normalized spacial score (nSPS) is 17.4. The fourth-order valence-corrected chi connectivity index (χ4v) is 3.85. The number of hydrogen-bond acceptors (Lipinski definition) is 4. The van der Waals surface area contributed by atoms with Gasteiger partial charge in [-0.25, -0.2) is 9.59 Å². The molecule has 148 valence electrons. The Kier molecular flexibility index (Phi) is 5.65. The number of likely N-dealkylation sites (tertiary alicyclic amines) is 2. The minimum absolute atomic E-state index is 0.317. The maximum absolute atomic E-state index is 12.5. The number of benzene rings is 2. The zero-order valence-corrected chi connectivity index (χ0v) is 16.1. The number of nitrogens with zero attached hydrogens (tertiary/aromatic N) is 2. The summed E-state index contributed by atoms with van der Waals surface area (Å²) in [6.45, 7) is 2.96. The van der Waals surface area contributed by atoms with Gasteiger partial charge in [-0.05, 0) is 62.1 Å². The summed E-state index contributed by atoms with van der Waals surface area (Å²) >= 11 is 0. The third kappa shape index (κ3) is 4.21. The molecular weight excluding hydrogens is 356 g/mol. The van der Waals surface area contributed by atoms with E-state index in [-0.39, 0.29) is 12.2 Å². The molecule has 28 heavy (non-hydrogen) atoms. The lowest BCUT2D eigenvalue weighted by molar-refractivity contribution is 0.141.